The molecule has 0 saturated heterocycles. The van der Waals surface area contributed by atoms with E-state index in [1.165, 1.54) is 4.90 Å². The van der Waals surface area contributed by atoms with Gasteiger partial charge in [-0.15, -0.1) is 0 Å². The van der Waals surface area contributed by atoms with Crippen LogP contribution in [-0.4, -0.2) is 23.0 Å². The number of nitrogens with zero attached hydrogens (tertiary/aromatic N) is 3. The largest absolute Gasteiger partial charge is 0.354 e. The lowest BCUT2D eigenvalue weighted by Crippen LogP contribution is -2.25. The van der Waals surface area contributed by atoms with Crippen molar-refractivity contribution in [2.45, 2.75) is 13.8 Å². The molecule has 0 radical (unpaired) electrons. The van der Waals surface area contributed by atoms with E-state index in [0.717, 1.165) is 0 Å². The Labute approximate surface area is 95.0 Å². The summed E-state index contributed by atoms with van der Waals surface area (Å²) in [4.78, 5) is 13.5. The lowest BCUT2D eigenvalue weighted by atomic mass is 10.3. The average molecular weight is 249 g/mol. The molecule has 0 unspecified atom stereocenters. The van der Waals surface area contributed by atoms with Gasteiger partial charge in [0, 0.05) is 13.1 Å². The van der Waals surface area contributed by atoms with Gasteiger partial charge in [-0.1, -0.05) is 0 Å². The molecule has 0 spiro atoms. The number of hydrogen-bond donors (Lipinski definition) is 0. The molecule has 0 amide bonds. The van der Waals surface area contributed by atoms with Crippen molar-refractivity contribution in [2.75, 3.05) is 18.0 Å². The number of anilines is 1. The van der Waals surface area contributed by atoms with Gasteiger partial charge in [0.15, 0.2) is 5.82 Å². The van der Waals surface area contributed by atoms with Crippen molar-refractivity contribution in [1.82, 2.24) is 4.98 Å². The molecular weight excluding hydrogens is 239 g/mol. The fourth-order valence-corrected chi connectivity index (χ4v) is 1.38. The Morgan fingerprint density at radius 1 is 1.24 bits per heavy atom. The highest BCUT2D eigenvalue weighted by atomic mass is 19.2. The average Bonchev–Trinajstić information content (AvgIpc) is 2.26. The number of halogens is 3. The lowest BCUT2D eigenvalue weighted by molar-refractivity contribution is -0.390. The molecule has 0 atom stereocenters. The molecule has 1 aromatic heterocycles. The Morgan fingerprint density at radius 3 is 2.18 bits per heavy atom. The Balaban J connectivity index is 3.49. The maximum Gasteiger partial charge on any atom is 0.348 e. The van der Waals surface area contributed by atoms with Crippen LogP contribution in [0.15, 0.2) is 0 Å². The van der Waals surface area contributed by atoms with Crippen molar-refractivity contribution in [3.05, 3.63) is 27.7 Å². The summed E-state index contributed by atoms with van der Waals surface area (Å²) in [5.41, 5.74) is -1.51. The van der Waals surface area contributed by atoms with Gasteiger partial charge in [0.25, 0.3) is 11.8 Å². The molecule has 0 aliphatic rings. The predicted octanol–water partition coefficient (Wildman–Crippen LogP) is 2.25. The Morgan fingerprint density at radius 2 is 1.76 bits per heavy atom. The third-order valence-corrected chi connectivity index (χ3v) is 2.24. The van der Waals surface area contributed by atoms with E-state index in [9.17, 15) is 23.3 Å². The fourth-order valence-electron chi connectivity index (χ4n) is 1.38. The van der Waals surface area contributed by atoms with Crippen LogP contribution < -0.4 is 4.90 Å². The van der Waals surface area contributed by atoms with Gasteiger partial charge in [0.1, 0.15) is 0 Å². The molecule has 94 valence electrons. The molecule has 0 aliphatic heterocycles. The maximum absolute atomic E-state index is 13.6. The summed E-state index contributed by atoms with van der Waals surface area (Å²) in [6, 6.07) is 0. The first-order valence-electron chi connectivity index (χ1n) is 4.87. The van der Waals surface area contributed by atoms with Crippen LogP contribution in [0.1, 0.15) is 13.8 Å². The van der Waals surface area contributed by atoms with Crippen LogP contribution in [0, 0.1) is 27.7 Å². The molecular formula is C9H10F3N3O2. The van der Waals surface area contributed by atoms with Gasteiger partial charge in [-0.2, -0.15) is 18.2 Å². The summed E-state index contributed by atoms with van der Waals surface area (Å²) < 4.78 is 39.7. The molecule has 0 aromatic carbocycles. The summed E-state index contributed by atoms with van der Waals surface area (Å²) in [5.74, 6) is -5.58. The SMILES string of the molecule is CCN(CC)c1nc(F)c(F)c([N+](=O)[O-])c1F. The Bertz CT molecular complexity index is 450. The number of nitro groups is 1. The van der Waals surface area contributed by atoms with E-state index in [1.807, 2.05) is 0 Å². The highest BCUT2D eigenvalue weighted by Crippen LogP contribution is 2.29. The van der Waals surface area contributed by atoms with Crippen LogP contribution in [-0.2, 0) is 0 Å². The second-order valence-electron chi connectivity index (χ2n) is 3.13. The van der Waals surface area contributed by atoms with E-state index in [1.54, 1.807) is 13.8 Å². The van der Waals surface area contributed by atoms with Crippen molar-refractivity contribution < 1.29 is 18.1 Å². The van der Waals surface area contributed by atoms with E-state index < -0.39 is 34.0 Å². The standard InChI is InChI=1S/C9H10F3N3O2/c1-3-14(4-2)9-6(11)7(15(16)17)5(10)8(12)13-9/h3-4H2,1-2H3. The van der Waals surface area contributed by atoms with Crippen molar-refractivity contribution in [1.29, 1.82) is 0 Å². The molecule has 0 fully saturated rings. The smallest absolute Gasteiger partial charge is 0.348 e. The highest BCUT2D eigenvalue weighted by Gasteiger charge is 2.31. The fraction of sp³-hybridized carbons (Fsp3) is 0.444. The monoisotopic (exact) mass is 249 g/mol. The Hall–Kier alpha value is -1.86. The summed E-state index contributed by atoms with van der Waals surface area (Å²) in [6.07, 6.45) is 0. The zero-order valence-electron chi connectivity index (χ0n) is 9.21. The van der Waals surface area contributed by atoms with Crippen molar-refractivity contribution in [3.63, 3.8) is 0 Å². The van der Waals surface area contributed by atoms with Gasteiger partial charge < -0.3 is 4.90 Å². The summed E-state index contributed by atoms with van der Waals surface area (Å²) in [5, 5.41) is 10.5. The number of hydrogen-bond acceptors (Lipinski definition) is 4. The minimum Gasteiger partial charge on any atom is -0.354 e. The molecule has 0 aliphatic carbocycles. The van der Waals surface area contributed by atoms with Crippen molar-refractivity contribution >= 4 is 11.5 Å². The van der Waals surface area contributed by atoms with Gasteiger partial charge in [0.2, 0.25) is 5.82 Å². The molecule has 0 saturated carbocycles. The number of rotatable bonds is 4. The first-order chi connectivity index (χ1) is 7.93. The molecule has 8 heteroatoms. The third-order valence-electron chi connectivity index (χ3n) is 2.24. The topological polar surface area (TPSA) is 59.3 Å². The van der Waals surface area contributed by atoms with E-state index >= 15 is 0 Å². The van der Waals surface area contributed by atoms with Crippen LogP contribution in [0.4, 0.5) is 24.7 Å². The minimum absolute atomic E-state index is 0.267. The third kappa shape index (κ3) is 2.29. The first kappa shape index (κ1) is 13.2. The number of aromatic nitrogens is 1. The van der Waals surface area contributed by atoms with Gasteiger partial charge >= 0.3 is 5.69 Å². The summed E-state index contributed by atoms with van der Waals surface area (Å²) in [7, 11) is 0. The normalized spacial score (nSPS) is 10.4. The molecule has 1 aromatic rings. The summed E-state index contributed by atoms with van der Waals surface area (Å²) in [6.45, 7) is 3.81. The van der Waals surface area contributed by atoms with Crippen molar-refractivity contribution in [3.8, 4) is 0 Å². The van der Waals surface area contributed by atoms with Crippen LogP contribution in [0.3, 0.4) is 0 Å². The first-order valence-corrected chi connectivity index (χ1v) is 4.87. The summed E-state index contributed by atoms with van der Waals surface area (Å²) >= 11 is 0. The molecule has 0 N–H and O–H groups in total. The molecule has 5 nitrogen and oxygen atoms in total. The molecule has 17 heavy (non-hydrogen) atoms. The molecule has 1 rings (SSSR count). The van der Waals surface area contributed by atoms with E-state index in [0.29, 0.717) is 0 Å². The predicted molar refractivity (Wildman–Crippen MR) is 54.3 cm³/mol. The minimum atomic E-state index is -1.89. The maximum atomic E-state index is 13.6. The zero-order chi connectivity index (χ0) is 13.2. The van der Waals surface area contributed by atoms with Crippen LogP contribution in [0.2, 0.25) is 0 Å². The second kappa shape index (κ2) is 4.98. The second-order valence-corrected chi connectivity index (χ2v) is 3.13. The number of pyridine rings is 1. The van der Waals surface area contributed by atoms with Crippen LogP contribution >= 0.6 is 0 Å². The van der Waals surface area contributed by atoms with Gasteiger partial charge in [-0.25, -0.2) is 0 Å². The van der Waals surface area contributed by atoms with Crippen LogP contribution in [0.25, 0.3) is 0 Å². The zero-order valence-corrected chi connectivity index (χ0v) is 9.21. The highest BCUT2D eigenvalue weighted by molar-refractivity contribution is 5.49. The van der Waals surface area contributed by atoms with Gasteiger partial charge in [-0.3, -0.25) is 10.1 Å². The van der Waals surface area contributed by atoms with Gasteiger partial charge in [-0.05, 0) is 13.8 Å². The van der Waals surface area contributed by atoms with Gasteiger partial charge in [0.05, 0.1) is 4.92 Å². The lowest BCUT2D eigenvalue weighted by Gasteiger charge is -2.19. The van der Waals surface area contributed by atoms with Crippen molar-refractivity contribution in [2.24, 2.45) is 0 Å². The quantitative estimate of drug-likeness (QED) is 0.466. The Kier molecular flexibility index (Phi) is 3.87. The van der Waals surface area contributed by atoms with E-state index in [2.05, 4.69) is 4.98 Å². The molecule has 1 heterocycles. The van der Waals surface area contributed by atoms with E-state index in [-0.39, 0.29) is 13.1 Å². The molecule has 0 bridgehead atoms. The van der Waals surface area contributed by atoms with E-state index in [4.69, 9.17) is 0 Å². The van der Waals surface area contributed by atoms with Crippen LogP contribution in [0.5, 0.6) is 0 Å².